The van der Waals surface area contributed by atoms with Gasteiger partial charge in [-0.1, -0.05) is 19.1 Å². The molecule has 1 aliphatic heterocycles. The Morgan fingerprint density at radius 1 is 1.24 bits per heavy atom. The lowest BCUT2D eigenvalue weighted by Crippen LogP contribution is -2.37. The van der Waals surface area contributed by atoms with Gasteiger partial charge in [0.25, 0.3) is 9.05 Å². The third-order valence-electron chi connectivity index (χ3n) is 3.97. The molecule has 0 radical (unpaired) electrons. The predicted octanol–water partition coefficient (Wildman–Crippen LogP) is 2.81. The molecule has 116 valence electrons. The third kappa shape index (κ3) is 4.71. The number of aryl methyl sites for hydroxylation is 1. The molecule has 1 heterocycles. The lowest BCUT2D eigenvalue weighted by molar-refractivity contribution is -0.132. The molecule has 0 aliphatic carbocycles. The molecule has 0 atom stereocenters. The van der Waals surface area contributed by atoms with Gasteiger partial charge in [0, 0.05) is 30.2 Å². The highest BCUT2D eigenvalue weighted by molar-refractivity contribution is 8.13. The molecule has 6 heteroatoms. The van der Waals surface area contributed by atoms with Crippen molar-refractivity contribution in [2.75, 3.05) is 13.1 Å². The van der Waals surface area contributed by atoms with Gasteiger partial charge in [0.05, 0.1) is 4.90 Å². The number of rotatable bonds is 4. The zero-order valence-corrected chi connectivity index (χ0v) is 13.7. The minimum absolute atomic E-state index is 0.0873. The summed E-state index contributed by atoms with van der Waals surface area (Å²) in [6.45, 7) is 3.92. The summed E-state index contributed by atoms with van der Waals surface area (Å²) in [5.41, 5.74) is 0.942. The highest BCUT2D eigenvalue weighted by Gasteiger charge is 2.19. The van der Waals surface area contributed by atoms with Gasteiger partial charge in [-0.15, -0.1) is 0 Å². The van der Waals surface area contributed by atoms with Crippen molar-refractivity contribution in [2.24, 2.45) is 5.92 Å². The zero-order valence-electron chi connectivity index (χ0n) is 12.1. The summed E-state index contributed by atoms with van der Waals surface area (Å²) in [6, 6.07) is 6.37. The van der Waals surface area contributed by atoms with E-state index in [1.165, 1.54) is 12.1 Å². The van der Waals surface area contributed by atoms with Crippen LogP contribution in [0.3, 0.4) is 0 Å². The van der Waals surface area contributed by atoms with E-state index < -0.39 is 9.05 Å². The smallest absolute Gasteiger partial charge is 0.261 e. The van der Waals surface area contributed by atoms with Gasteiger partial charge in [0.2, 0.25) is 5.91 Å². The molecule has 21 heavy (non-hydrogen) atoms. The maximum Gasteiger partial charge on any atom is 0.261 e. The van der Waals surface area contributed by atoms with Crippen molar-refractivity contribution in [1.29, 1.82) is 0 Å². The van der Waals surface area contributed by atoms with E-state index >= 15 is 0 Å². The SMILES string of the molecule is CC1CCN(C(=O)CCc2ccc(S(=O)(=O)Cl)cc2)CC1. The molecule has 2 rings (SSSR count). The minimum Gasteiger partial charge on any atom is -0.343 e. The van der Waals surface area contributed by atoms with E-state index in [9.17, 15) is 13.2 Å². The molecule has 1 amide bonds. The average molecular weight is 330 g/mol. The molecular weight excluding hydrogens is 310 g/mol. The number of hydrogen-bond acceptors (Lipinski definition) is 3. The molecule has 0 unspecified atom stereocenters. The Morgan fingerprint density at radius 3 is 2.33 bits per heavy atom. The number of halogens is 1. The minimum atomic E-state index is -3.68. The fourth-order valence-electron chi connectivity index (χ4n) is 2.49. The highest BCUT2D eigenvalue weighted by atomic mass is 35.7. The number of piperidine rings is 1. The van der Waals surface area contributed by atoms with Gasteiger partial charge in [-0.2, -0.15) is 0 Å². The largest absolute Gasteiger partial charge is 0.343 e. The lowest BCUT2D eigenvalue weighted by Gasteiger charge is -2.30. The first kappa shape index (κ1) is 16.3. The number of carbonyl (C=O) groups excluding carboxylic acids is 1. The second kappa shape index (κ2) is 6.79. The van der Waals surface area contributed by atoms with Crippen molar-refractivity contribution >= 4 is 25.6 Å². The standard InChI is InChI=1S/C15H20ClNO3S/c1-12-8-10-17(11-9-12)15(18)7-4-13-2-5-14(6-3-13)21(16,19)20/h2-3,5-6,12H,4,7-11H2,1H3. The van der Waals surface area contributed by atoms with E-state index in [1.54, 1.807) is 12.1 Å². The summed E-state index contributed by atoms with van der Waals surface area (Å²) < 4.78 is 22.3. The van der Waals surface area contributed by atoms with E-state index in [0.717, 1.165) is 31.5 Å². The second-order valence-corrected chi connectivity index (χ2v) is 8.21. The summed E-state index contributed by atoms with van der Waals surface area (Å²) in [5.74, 6) is 0.884. The predicted molar refractivity (Wildman–Crippen MR) is 82.8 cm³/mol. The third-order valence-corrected chi connectivity index (χ3v) is 5.34. The highest BCUT2D eigenvalue weighted by Crippen LogP contribution is 2.18. The molecule has 1 saturated heterocycles. The fourth-order valence-corrected chi connectivity index (χ4v) is 3.26. The van der Waals surface area contributed by atoms with Crippen LogP contribution in [-0.4, -0.2) is 32.3 Å². The van der Waals surface area contributed by atoms with Crippen molar-refractivity contribution in [3.8, 4) is 0 Å². The quantitative estimate of drug-likeness (QED) is 0.798. The van der Waals surface area contributed by atoms with Gasteiger partial charge in [0.15, 0.2) is 0 Å². The summed E-state index contributed by atoms with van der Waals surface area (Å²) in [5, 5.41) is 0. The lowest BCUT2D eigenvalue weighted by atomic mass is 9.98. The maximum absolute atomic E-state index is 12.1. The van der Waals surface area contributed by atoms with Gasteiger partial charge in [-0.05, 0) is 42.9 Å². The van der Waals surface area contributed by atoms with E-state index in [0.29, 0.717) is 18.8 Å². The van der Waals surface area contributed by atoms with Crippen LogP contribution >= 0.6 is 10.7 Å². The number of nitrogens with zero attached hydrogens (tertiary/aromatic N) is 1. The van der Waals surface area contributed by atoms with Crippen LogP contribution in [0.2, 0.25) is 0 Å². The van der Waals surface area contributed by atoms with E-state index in [2.05, 4.69) is 6.92 Å². The number of benzene rings is 1. The number of amides is 1. The van der Waals surface area contributed by atoms with Crippen molar-refractivity contribution in [3.05, 3.63) is 29.8 Å². The molecule has 0 N–H and O–H groups in total. The molecule has 1 aromatic rings. The molecule has 1 aliphatic rings. The van der Waals surface area contributed by atoms with Gasteiger partial charge >= 0.3 is 0 Å². The summed E-state index contributed by atoms with van der Waals surface area (Å²) in [4.78, 5) is 14.1. The van der Waals surface area contributed by atoms with Crippen molar-refractivity contribution in [1.82, 2.24) is 4.90 Å². The van der Waals surface area contributed by atoms with E-state index in [4.69, 9.17) is 10.7 Å². The van der Waals surface area contributed by atoms with Gasteiger partial charge in [-0.25, -0.2) is 8.42 Å². The van der Waals surface area contributed by atoms with Crippen molar-refractivity contribution in [3.63, 3.8) is 0 Å². The normalized spacial score (nSPS) is 17.0. The molecular formula is C15H20ClNO3S. The van der Waals surface area contributed by atoms with Crippen LogP contribution in [0.15, 0.2) is 29.2 Å². The Hall–Kier alpha value is -1.07. The Bertz CT molecular complexity index is 590. The number of carbonyl (C=O) groups is 1. The van der Waals surface area contributed by atoms with Crippen LogP contribution in [0, 0.1) is 5.92 Å². The van der Waals surface area contributed by atoms with Crippen LogP contribution in [0.25, 0.3) is 0 Å². The summed E-state index contributed by atoms with van der Waals surface area (Å²) >= 11 is 0. The molecule has 4 nitrogen and oxygen atoms in total. The first-order valence-electron chi connectivity index (χ1n) is 7.17. The van der Waals surface area contributed by atoms with Gasteiger partial charge < -0.3 is 4.90 Å². The second-order valence-electron chi connectivity index (χ2n) is 5.65. The van der Waals surface area contributed by atoms with Gasteiger partial charge in [-0.3, -0.25) is 4.79 Å². The van der Waals surface area contributed by atoms with Crippen LogP contribution in [0.1, 0.15) is 31.7 Å². The van der Waals surface area contributed by atoms with Crippen LogP contribution < -0.4 is 0 Å². The van der Waals surface area contributed by atoms with Crippen LogP contribution in [0.5, 0.6) is 0 Å². The Kier molecular flexibility index (Phi) is 5.27. The van der Waals surface area contributed by atoms with Crippen LogP contribution in [0.4, 0.5) is 0 Å². The van der Waals surface area contributed by atoms with E-state index in [1.807, 2.05) is 4.90 Å². The first-order valence-corrected chi connectivity index (χ1v) is 9.48. The Labute approximate surface area is 130 Å². The Morgan fingerprint density at radius 2 is 1.81 bits per heavy atom. The molecule has 1 aromatic carbocycles. The maximum atomic E-state index is 12.1. The average Bonchev–Trinajstić information content (AvgIpc) is 2.45. The van der Waals surface area contributed by atoms with Gasteiger partial charge in [0.1, 0.15) is 0 Å². The monoisotopic (exact) mass is 329 g/mol. The number of hydrogen-bond donors (Lipinski definition) is 0. The number of likely N-dealkylation sites (tertiary alicyclic amines) is 1. The van der Waals surface area contributed by atoms with E-state index in [-0.39, 0.29) is 10.8 Å². The molecule has 0 spiro atoms. The molecule has 1 fully saturated rings. The summed E-state index contributed by atoms with van der Waals surface area (Å²) in [6.07, 6.45) is 3.23. The fraction of sp³-hybridized carbons (Fsp3) is 0.533. The Balaban J connectivity index is 1.87. The molecule has 0 saturated carbocycles. The first-order chi connectivity index (χ1) is 9.86. The molecule has 0 bridgehead atoms. The topological polar surface area (TPSA) is 54.5 Å². The summed E-state index contributed by atoms with van der Waals surface area (Å²) in [7, 11) is 1.59. The molecule has 0 aromatic heterocycles. The van der Waals surface area contributed by atoms with Crippen molar-refractivity contribution < 1.29 is 13.2 Å². The van der Waals surface area contributed by atoms with Crippen LogP contribution in [-0.2, 0) is 20.3 Å². The zero-order chi connectivity index (χ0) is 15.5. The van der Waals surface area contributed by atoms with Crippen molar-refractivity contribution in [2.45, 2.75) is 37.5 Å².